The molecule has 1 aromatic heterocycles. The molecule has 1 unspecified atom stereocenters. The van der Waals surface area contributed by atoms with E-state index in [1.165, 1.54) is 29.0 Å². The Kier molecular flexibility index (Phi) is 5.56. The number of hydrogen-bond acceptors (Lipinski definition) is 3. The number of amides is 1. The normalized spacial score (nSPS) is 11.9. The molecule has 1 atom stereocenters. The number of nitrogens with one attached hydrogen (secondary N) is 1. The first-order chi connectivity index (χ1) is 12.1. The van der Waals surface area contributed by atoms with E-state index in [0.717, 1.165) is 16.3 Å². The molecule has 1 amide bonds. The van der Waals surface area contributed by atoms with Crippen molar-refractivity contribution in [2.24, 2.45) is 0 Å². The van der Waals surface area contributed by atoms with Gasteiger partial charge in [0.05, 0.1) is 12.1 Å². The molecule has 0 spiro atoms. The van der Waals surface area contributed by atoms with Crippen molar-refractivity contribution < 1.29 is 9.18 Å². The van der Waals surface area contributed by atoms with Gasteiger partial charge in [-0.15, -0.1) is 11.3 Å². The van der Waals surface area contributed by atoms with Gasteiger partial charge in [0, 0.05) is 17.5 Å². The average Bonchev–Trinajstić information content (AvgIpc) is 3.09. The third-order valence-electron chi connectivity index (χ3n) is 3.96. The Morgan fingerprint density at radius 1 is 1.16 bits per heavy atom. The summed E-state index contributed by atoms with van der Waals surface area (Å²) in [6.45, 7) is 2.68. The van der Waals surface area contributed by atoms with Crippen LogP contribution in [0, 0.1) is 5.82 Å². The van der Waals surface area contributed by atoms with Crippen molar-refractivity contribution in [3.8, 4) is 10.6 Å². The Balaban J connectivity index is 1.54. The Hall–Kier alpha value is -2.53. The lowest BCUT2D eigenvalue weighted by Crippen LogP contribution is -2.28. The molecule has 0 fully saturated rings. The highest BCUT2D eigenvalue weighted by molar-refractivity contribution is 7.13. The number of carbonyl (C=O) groups excluding carboxylic acids is 1. The van der Waals surface area contributed by atoms with Crippen LogP contribution in [-0.2, 0) is 11.2 Å². The standard InChI is InChI=1S/C20H19FN2OS/c1-14(15-5-3-2-4-6-15)12-22-19(24)11-18-13-25-20(23-18)16-7-9-17(21)10-8-16/h2-10,13-14H,11-12H2,1H3,(H,22,24). The lowest BCUT2D eigenvalue weighted by Gasteiger charge is -2.12. The number of thiazole rings is 1. The minimum Gasteiger partial charge on any atom is -0.355 e. The van der Waals surface area contributed by atoms with Crippen LogP contribution in [0.5, 0.6) is 0 Å². The summed E-state index contributed by atoms with van der Waals surface area (Å²) in [4.78, 5) is 16.6. The van der Waals surface area contributed by atoms with E-state index in [-0.39, 0.29) is 24.1 Å². The number of nitrogens with zero attached hydrogens (tertiary/aromatic N) is 1. The zero-order valence-corrected chi connectivity index (χ0v) is 14.7. The first-order valence-electron chi connectivity index (χ1n) is 8.14. The van der Waals surface area contributed by atoms with Crippen LogP contribution in [0.25, 0.3) is 10.6 Å². The summed E-state index contributed by atoms with van der Waals surface area (Å²) in [6.07, 6.45) is 0.249. The third-order valence-corrected chi connectivity index (χ3v) is 4.90. The predicted molar refractivity (Wildman–Crippen MR) is 99.1 cm³/mol. The second-order valence-corrected chi connectivity index (χ2v) is 6.80. The van der Waals surface area contributed by atoms with Crippen molar-refractivity contribution in [2.45, 2.75) is 19.3 Å². The van der Waals surface area contributed by atoms with Gasteiger partial charge in [-0.25, -0.2) is 9.37 Å². The molecule has 128 valence electrons. The molecular formula is C20H19FN2OS. The molecule has 0 aliphatic carbocycles. The van der Waals surface area contributed by atoms with Gasteiger partial charge in [0.25, 0.3) is 0 Å². The summed E-state index contributed by atoms with van der Waals surface area (Å²) >= 11 is 1.46. The molecule has 3 aromatic rings. The van der Waals surface area contributed by atoms with E-state index in [9.17, 15) is 9.18 Å². The Labute approximate surface area is 150 Å². The molecule has 0 aliphatic heterocycles. The molecule has 25 heavy (non-hydrogen) atoms. The highest BCUT2D eigenvalue weighted by Crippen LogP contribution is 2.24. The van der Waals surface area contributed by atoms with Crippen LogP contribution < -0.4 is 5.32 Å². The summed E-state index contributed by atoms with van der Waals surface area (Å²) in [7, 11) is 0. The van der Waals surface area contributed by atoms with Gasteiger partial charge in [0.1, 0.15) is 10.8 Å². The number of halogens is 1. The van der Waals surface area contributed by atoms with Gasteiger partial charge in [0.15, 0.2) is 0 Å². The fourth-order valence-electron chi connectivity index (χ4n) is 2.51. The minimum absolute atomic E-state index is 0.0428. The fraction of sp³-hybridized carbons (Fsp3) is 0.200. The van der Waals surface area contributed by atoms with E-state index in [4.69, 9.17) is 0 Å². The SMILES string of the molecule is CC(CNC(=O)Cc1csc(-c2ccc(F)cc2)n1)c1ccccc1. The van der Waals surface area contributed by atoms with Gasteiger partial charge in [-0.3, -0.25) is 4.79 Å². The van der Waals surface area contributed by atoms with Gasteiger partial charge in [0.2, 0.25) is 5.91 Å². The van der Waals surface area contributed by atoms with E-state index in [1.54, 1.807) is 12.1 Å². The monoisotopic (exact) mass is 354 g/mol. The van der Waals surface area contributed by atoms with Crippen LogP contribution in [0.1, 0.15) is 24.1 Å². The van der Waals surface area contributed by atoms with E-state index in [2.05, 4.69) is 29.4 Å². The van der Waals surface area contributed by atoms with E-state index in [1.807, 2.05) is 23.6 Å². The second-order valence-electron chi connectivity index (χ2n) is 5.94. The summed E-state index contributed by atoms with van der Waals surface area (Å²) in [5.41, 5.74) is 2.79. The molecular weight excluding hydrogens is 335 g/mol. The van der Waals surface area contributed by atoms with Gasteiger partial charge >= 0.3 is 0 Å². The van der Waals surface area contributed by atoms with Crippen LogP contribution in [-0.4, -0.2) is 17.4 Å². The molecule has 0 saturated heterocycles. The largest absolute Gasteiger partial charge is 0.355 e. The summed E-state index contributed by atoms with van der Waals surface area (Å²) in [6, 6.07) is 16.3. The molecule has 3 nitrogen and oxygen atoms in total. The third kappa shape index (κ3) is 4.73. The van der Waals surface area contributed by atoms with E-state index >= 15 is 0 Å². The maximum absolute atomic E-state index is 13.0. The highest BCUT2D eigenvalue weighted by Gasteiger charge is 2.11. The zero-order valence-electron chi connectivity index (χ0n) is 13.9. The van der Waals surface area contributed by atoms with Crippen molar-refractivity contribution in [3.63, 3.8) is 0 Å². The number of aromatic nitrogens is 1. The molecule has 0 bridgehead atoms. The van der Waals surface area contributed by atoms with Gasteiger partial charge in [-0.05, 0) is 35.7 Å². The Morgan fingerprint density at radius 3 is 2.60 bits per heavy atom. The number of carbonyl (C=O) groups is 1. The van der Waals surface area contributed by atoms with Crippen LogP contribution in [0.4, 0.5) is 4.39 Å². The predicted octanol–water partition coefficient (Wildman–Crippen LogP) is 4.41. The molecule has 2 aromatic carbocycles. The van der Waals surface area contributed by atoms with Crippen LogP contribution in [0.15, 0.2) is 60.0 Å². The maximum Gasteiger partial charge on any atom is 0.226 e. The summed E-state index contributed by atoms with van der Waals surface area (Å²) in [5, 5.41) is 5.63. The van der Waals surface area contributed by atoms with Crippen LogP contribution >= 0.6 is 11.3 Å². The molecule has 0 saturated carbocycles. The lowest BCUT2D eigenvalue weighted by molar-refractivity contribution is -0.120. The average molecular weight is 354 g/mol. The maximum atomic E-state index is 13.0. The van der Waals surface area contributed by atoms with Crippen molar-refractivity contribution >= 4 is 17.2 Å². The van der Waals surface area contributed by atoms with Crippen molar-refractivity contribution in [1.82, 2.24) is 10.3 Å². The quantitative estimate of drug-likeness (QED) is 0.712. The summed E-state index contributed by atoms with van der Waals surface area (Å²) in [5.74, 6) is -0.0541. The van der Waals surface area contributed by atoms with Crippen LogP contribution in [0.3, 0.4) is 0 Å². The van der Waals surface area contributed by atoms with Crippen molar-refractivity contribution in [1.29, 1.82) is 0 Å². The second kappa shape index (κ2) is 8.03. The highest BCUT2D eigenvalue weighted by atomic mass is 32.1. The van der Waals surface area contributed by atoms with Gasteiger partial charge in [-0.2, -0.15) is 0 Å². The van der Waals surface area contributed by atoms with Crippen molar-refractivity contribution in [2.75, 3.05) is 6.54 Å². The Bertz CT molecular complexity index is 830. The lowest BCUT2D eigenvalue weighted by atomic mass is 10.0. The first-order valence-corrected chi connectivity index (χ1v) is 9.02. The molecule has 1 heterocycles. The van der Waals surface area contributed by atoms with Gasteiger partial charge < -0.3 is 5.32 Å². The summed E-state index contributed by atoms with van der Waals surface area (Å²) < 4.78 is 13.0. The van der Waals surface area contributed by atoms with Gasteiger partial charge in [-0.1, -0.05) is 37.3 Å². The minimum atomic E-state index is -0.271. The van der Waals surface area contributed by atoms with Crippen molar-refractivity contribution in [3.05, 3.63) is 77.1 Å². The number of rotatable bonds is 6. The molecule has 1 N–H and O–H groups in total. The zero-order chi connectivity index (χ0) is 17.6. The molecule has 5 heteroatoms. The first kappa shape index (κ1) is 17.3. The Morgan fingerprint density at radius 2 is 1.88 bits per heavy atom. The van der Waals surface area contributed by atoms with Crippen LogP contribution in [0.2, 0.25) is 0 Å². The molecule has 0 aliphatic rings. The van der Waals surface area contributed by atoms with E-state index in [0.29, 0.717) is 6.54 Å². The smallest absolute Gasteiger partial charge is 0.226 e. The molecule has 0 radical (unpaired) electrons. The fourth-order valence-corrected chi connectivity index (χ4v) is 3.33. The molecule has 3 rings (SSSR count). The topological polar surface area (TPSA) is 42.0 Å². The number of hydrogen-bond donors (Lipinski definition) is 1. The number of benzene rings is 2. The van der Waals surface area contributed by atoms with E-state index < -0.39 is 0 Å².